The molecule has 2 unspecified atom stereocenters. The van der Waals surface area contributed by atoms with Crippen LogP contribution in [0, 0.1) is 0 Å². The molecule has 1 aliphatic heterocycles. The third-order valence-corrected chi connectivity index (χ3v) is 4.70. The maximum Gasteiger partial charge on any atom is 0.191 e. The molecular weight excluding hydrogens is 507 g/mol. The van der Waals surface area contributed by atoms with E-state index in [0.29, 0.717) is 18.2 Å². The zero-order valence-corrected chi connectivity index (χ0v) is 20.0. The van der Waals surface area contributed by atoms with Gasteiger partial charge in [-0.2, -0.15) is 5.10 Å². The molecule has 0 fully saturated rings. The second-order valence-electron chi connectivity index (χ2n) is 6.77. The normalized spacial score (nSPS) is 17.1. The summed E-state index contributed by atoms with van der Waals surface area (Å²) in [5.74, 6) is 3.28. The number of fused-ring (bicyclic) bond motifs is 1. The third-order valence-electron chi connectivity index (χ3n) is 4.45. The molecule has 8 nitrogen and oxygen atoms in total. The molecule has 0 saturated carbocycles. The highest BCUT2D eigenvalue weighted by atomic mass is 127. The van der Waals surface area contributed by atoms with Crippen LogP contribution in [0.4, 0.5) is 0 Å². The Morgan fingerprint density at radius 1 is 1.38 bits per heavy atom. The summed E-state index contributed by atoms with van der Waals surface area (Å²) in [6, 6.07) is 7.60. The highest BCUT2D eigenvalue weighted by molar-refractivity contribution is 14.0. The lowest BCUT2D eigenvalue weighted by atomic mass is 10.1. The van der Waals surface area contributed by atoms with Crippen molar-refractivity contribution < 1.29 is 9.47 Å². The molecule has 0 aliphatic carbocycles. The van der Waals surface area contributed by atoms with Crippen molar-refractivity contribution in [2.24, 2.45) is 4.99 Å². The smallest absolute Gasteiger partial charge is 0.191 e. The van der Waals surface area contributed by atoms with Gasteiger partial charge in [0.1, 0.15) is 24.3 Å². The van der Waals surface area contributed by atoms with Crippen LogP contribution in [0.15, 0.2) is 29.3 Å². The highest BCUT2D eigenvalue weighted by Crippen LogP contribution is 2.17. The number of halogens is 2. The summed E-state index contributed by atoms with van der Waals surface area (Å²) in [4.78, 5) is 8.83. The van der Waals surface area contributed by atoms with Gasteiger partial charge in [0.2, 0.25) is 0 Å². The molecule has 160 valence electrons. The number of guanidine groups is 1. The van der Waals surface area contributed by atoms with Crippen molar-refractivity contribution in [2.75, 3.05) is 20.7 Å². The molecule has 2 atom stereocenters. The molecule has 1 aromatic carbocycles. The Hall–Kier alpha value is -1.59. The van der Waals surface area contributed by atoms with Crippen molar-refractivity contribution in [3.05, 3.63) is 40.9 Å². The first kappa shape index (κ1) is 23.7. The van der Waals surface area contributed by atoms with Gasteiger partial charge in [-0.05, 0) is 37.6 Å². The lowest BCUT2D eigenvalue weighted by Gasteiger charge is -2.26. The van der Waals surface area contributed by atoms with Crippen molar-refractivity contribution in [3.8, 4) is 5.75 Å². The van der Waals surface area contributed by atoms with Gasteiger partial charge in [-0.25, -0.2) is 9.67 Å². The summed E-state index contributed by atoms with van der Waals surface area (Å²) in [7, 11) is 3.41. The van der Waals surface area contributed by atoms with Crippen molar-refractivity contribution in [1.29, 1.82) is 0 Å². The van der Waals surface area contributed by atoms with Crippen LogP contribution in [0.3, 0.4) is 0 Å². The maximum absolute atomic E-state index is 5.90. The molecule has 2 heterocycles. The first-order chi connectivity index (χ1) is 13.6. The molecule has 0 radical (unpaired) electrons. The van der Waals surface area contributed by atoms with Gasteiger partial charge in [0, 0.05) is 31.6 Å². The Kier molecular flexibility index (Phi) is 9.44. The summed E-state index contributed by atoms with van der Waals surface area (Å²) in [5.41, 5.74) is 0. The SMILES string of the molecule is CN=C(NCC(C)Oc1ccc(Cl)cc1)NC1CCc2nc(COC)nn2C1.I. The Bertz CT molecular complexity index is 798. The van der Waals surface area contributed by atoms with E-state index in [-0.39, 0.29) is 36.1 Å². The number of nitrogens with zero attached hydrogens (tertiary/aromatic N) is 4. The van der Waals surface area contributed by atoms with Crippen LogP contribution in [-0.4, -0.2) is 53.6 Å². The van der Waals surface area contributed by atoms with Crippen LogP contribution in [0.2, 0.25) is 5.02 Å². The highest BCUT2D eigenvalue weighted by Gasteiger charge is 2.22. The zero-order valence-electron chi connectivity index (χ0n) is 16.9. The fraction of sp³-hybridized carbons (Fsp3) is 0.526. The molecule has 29 heavy (non-hydrogen) atoms. The van der Waals surface area contributed by atoms with E-state index in [1.807, 2.05) is 35.9 Å². The van der Waals surface area contributed by atoms with Crippen molar-refractivity contribution in [2.45, 2.75) is 45.1 Å². The Morgan fingerprint density at radius 2 is 2.14 bits per heavy atom. The Labute approximate surface area is 193 Å². The molecular formula is C19H28ClIN6O2. The molecule has 1 aliphatic rings. The maximum atomic E-state index is 5.90. The second kappa shape index (κ2) is 11.6. The molecule has 1 aromatic heterocycles. The van der Waals surface area contributed by atoms with Crippen molar-refractivity contribution in [3.63, 3.8) is 0 Å². The number of methoxy groups -OCH3 is 1. The van der Waals surface area contributed by atoms with Crippen molar-refractivity contribution >= 4 is 41.5 Å². The van der Waals surface area contributed by atoms with Gasteiger partial charge < -0.3 is 20.1 Å². The second-order valence-corrected chi connectivity index (χ2v) is 7.21. The summed E-state index contributed by atoms with van der Waals surface area (Å²) < 4.78 is 13.0. The molecule has 0 bridgehead atoms. The molecule has 0 spiro atoms. The summed E-state index contributed by atoms with van der Waals surface area (Å²) in [6.45, 7) is 3.83. The monoisotopic (exact) mass is 534 g/mol. The summed E-state index contributed by atoms with van der Waals surface area (Å²) >= 11 is 5.90. The summed E-state index contributed by atoms with van der Waals surface area (Å²) in [5, 5.41) is 12.0. The van der Waals surface area contributed by atoms with E-state index >= 15 is 0 Å². The minimum atomic E-state index is -0.0235. The topological polar surface area (TPSA) is 85.6 Å². The van der Waals surface area contributed by atoms with Gasteiger partial charge in [0.25, 0.3) is 0 Å². The van der Waals surface area contributed by atoms with E-state index in [1.165, 1.54) is 0 Å². The van der Waals surface area contributed by atoms with Crippen LogP contribution in [0.25, 0.3) is 0 Å². The minimum absolute atomic E-state index is 0. The molecule has 0 saturated heterocycles. The fourth-order valence-corrected chi connectivity index (χ4v) is 3.21. The lowest BCUT2D eigenvalue weighted by molar-refractivity contribution is 0.177. The van der Waals surface area contributed by atoms with Crippen LogP contribution < -0.4 is 15.4 Å². The van der Waals surface area contributed by atoms with Crippen LogP contribution in [0.5, 0.6) is 5.75 Å². The zero-order chi connectivity index (χ0) is 19.9. The first-order valence-electron chi connectivity index (χ1n) is 9.38. The predicted molar refractivity (Wildman–Crippen MR) is 124 cm³/mol. The minimum Gasteiger partial charge on any atom is -0.489 e. The van der Waals surface area contributed by atoms with Gasteiger partial charge in [0.05, 0.1) is 13.1 Å². The number of hydrogen-bond donors (Lipinski definition) is 2. The van der Waals surface area contributed by atoms with Gasteiger partial charge in [0.15, 0.2) is 11.8 Å². The quantitative estimate of drug-likeness (QED) is 0.323. The van der Waals surface area contributed by atoms with Gasteiger partial charge in [-0.3, -0.25) is 4.99 Å². The number of nitrogens with one attached hydrogen (secondary N) is 2. The van der Waals surface area contributed by atoms with E-state index in [2.05, 4.69) is 25.7 Å². The number of aromatic nitrogens is 3. The van der Waals surface area contributed by atoms with Gasteiger partial charge in [-0.1, -0.05) is 11.6 Å². The van der Waals surface area contributed by atoms with E-state index in [4.69, 9.17) is 21.1 Å². The number of aryl methyl sites for hydroxylation is 1. The van der Waals surface area contributed by atoms with Gasteiger partial charge >= 0.3 is 0 Å². The average Bonchev–Trinajstić information content (AvgIpc) is 3.09. The number of ether oxygens (including phenoxy) is 2. The van der Waals surface area contributed by atoms with Crippen LogP contribution >= 0.6 is 35.6 Å². The Balaban J connectivity index is 0.00000300. The van der Waals surface area contributed by atoms with E-state index in [0.717, 1.165) is 42.7 Å². The first-order valence-corrected chi connectivity index (χ1v) is 9.76. The van der Waals surface area contributed by atoms with Gasteiger partial charge in [-0.15, -0.1) is 24.0 Å². The predicted octanol–water partition coefficient (Wildman–Crippen LogP) is 2.64. The number of benzene rings is 1. The lowest BCUT2D eigenvalue weighted by Crippen LogP contribution is -2.48. The summed E-state index contributed by atoms with van der Waals surface area (Å²) in [6.07, 6.45) is 1.83. The van der Waals surface area contributed by atoms with E-state index in [9.17, 15) is 0 Å². The molecule has 10 heteroatoms. The molecule has 3 rings (SSSR count). The average molecular weight is 535 g/mol. The van der Waals surface area contributed by atoms with E-state index in [1.54, 1.807) is 14.2 Å². The number of rotatable bonds is 7. The number of hydrogen-bond acceptors (Lipinski definition) is 5. The van der Waals surface area contributed by atoms with Crippen LogP contribution in [0.1, 0.15) is 25.0 Å². The van der Waals surface area contributed by atoms with Crippen LogP contribution in [-0.2, 0) is 24.3 Å². The van der Waals surface area contributed by atoms with E-state index < -0.39 is 0 Å². The fourth-order valence-electron chi connectivity index (χ4n) is 3.08. The third kappa shape index (κ3) is 7.00. The molecule has 2 aromatic rings. The molecule has 2 N–H and O–H groups in total. The largest absolute Gasteiger partial charge is 0.489 e. The standard InChI is InChI=1S/C19H27ClN6O2.HI/c1-13(28-16-7-4-14(20)5-8-16)10-22-19(21-2)23-15-6-9-18-24-17(12-27-3)25-26(18)11-15;/h4-5,7-8,13,15H,6,9-12H2,1-3H3,(H2,21,22,23);1H. The Morgan fingerprint density at radius 3 is 2.83 bits per heavy atom. The number of aliphatic imine (C=N–C) groups is 1. The van der Waals surface area contributed by atoms with Crippen molar-refractivity contribution in [1.82, 2.24) is 25.4 Å². The molecule has 0 amide bonds.